The van der Waals surface area contributed by atoms with Crippen molar-refractivity contribution in [3.05, 3.63) is 0 Å². The highest BCUT2D eigenvalue weighted by Gasteiger charge is 2.57. The zero-order chi connectivity index (χ0) is 8.77. The molecule has 64 valence electrons. The van der Waals surface area contributed by atoms with Crippen molar-refractivity contribution in [2.45, 2.75) is 19.8 Å². The number of amides is 1. The van der Waals surface area contributed by atoms with Gasteiger partial charge in [0.25, 0.3) is 0 Å². The second kappa shape index (κ2) is 2.22. The van der Waals surface area contributed by atoms with E-state index in [1.807, 2.05) is 6.92 Å². The lowest BCUT2D eigenvalue weighted by Gasteiger charge is -2.21. The number of hydrogen-bond acceptors (Lipinski definition) is 2. The Morgan fingerprint density at radius 2 is 2.33 bits per heavy atom. The molecule has 0 aromatic carbocycles. The van der Waals surface area contributed by atoms with E-state index in [2.05, 4.69) is 11.4 Å². The fourth-order valence-corrected chi connectivity index (χ4v) is 2.16. The number of carbonyl (C=O) groups excluding carboxylic acids is 1. The normalized spacial score (nSPS) is 40.7. The minimum atomic E-state index is -0.681. The quantitative estimate of drug-likeness (QED) is 0.619. The smallest absolute Gasteiger partial charge is 0.241 e. The Balaban J connectivity index is 2.36. The van der Waals surface area contributed by atoms with E-state index in [4.69, 9.17) is 5.26 Å². The van der Waals surface area contributed by atoms with Crippen LogP contribution >= 0.6 is 0 Å². The van der Waals surface area contributed by atoms with E-state index in [1.54, 1.807) is 0 Å². The molecule has 0 spiro atoms. The van der Waals surface area contributed by atoms with Crippen LogP contribution in [0.15, 0.2) is 0 Å². The third-order valence-electron chi connectivity index (χ3n) is 3.13. The van der Waals surface area contributed by atoms with Crippen LogP contribution in [0.2, 0.25) is 0 Å². The molecule has 1 amide bonds. The highest BCUT2D eigenvalue weighted by Crippen LogP contribution is 2.51. The third-order valence-corrected chi connectivity index (χ3v) is 3.13. The summed E-state index contributed by atoms with van der Waals surface area (Å²) in [5.41, 5.74) is -0.681. The summed E-state index contributed by atoms with van der Waals surface area (Å²) < 4.78 is 0. The fraction of sp³-hybridized carbons (Fsp3) is 0.778. The molecule has 2 aliphatic rings. The van der Waals surface area contributed by atoms with Crippen LogP contribution in [0, 0.1) is 28.6 Å². The fourth-order valence-electron chi connectivity index (χ4n) is 2.16. The van der Waals surface area contributed by atoms with E-state index >= 15 is 0 Å². The number of rotatable bonds is 1. The summed E-state index contributed by atoms with van der Waals surface area (Å²) in [7, 11) is 0. The Labute approximate surface area is 71.8 Å². The Hall–Kier alpha value is -1.04. The lowest BCUT2D eigenvalue weighted by molar-refractivity contribution is -0.126. The molecule has 1 heterocycles. The number of nitrogens with one attached hydrogen (secondary N) is 1. The molecule has 0 radical (unpaired) electrons. The predicted octanol–water partition coefficient (Wildman–Crippen LogP) is 0.672. The van der Waals surface area contributed by atoms with Gasteiger partial charge >= 0.3 is 0 Å². The van der Waals surface area contributed by atoms with Gasteiger partial charge in [0.1, 0.15) is 5.41 Å². The summed E-state index contributed by atoms with van der Waals surface area (Å²) in [6.45, 7) is 2.66. The summed E-state index contributed by atoms with van der Waals surface area (Å²) in [5, 5.41) is 11.8. The van der Waals surface area contributed by atoms with Gasteiger partial charge in [-0.15, -0.1) is 0 Å². The summed E-state index contributed by atoms with van der Waals surface area (Å²) in [4.78, 5) is 11.5. The molecule has 2 fully saturated rings. The molecule has 1 N–H and O–H groups in total. The minimum absolute atomic E-state index is 0.0417. The minimum Gasteiger partial charge on any atom is -0.354 e. The third kappa shape index (κ3) is 0.726. The van der Waals surface area contributed by atoms with Crippen molar-refractivity contribution in [1.29, 1.82) is 5.26 Å². The van der Waals surface area contributed by atoms with Gasteiger partial charge < -0.3 is 5.32 Å². The second-order valence-corrected chi connectivity index (χ2v) is 3.87. The van der Waals surface area contributed by atoms with Crippen LogP contribution in [0.5, 0.6) is 0 Å². The Kier molecular flexibility index (Phi) is 1.41. The predicted molar refractivity (Wildman–Crippen MR) is 42.9 cm³/mol. The van der Waals surface area contributed by atoms with E-state index in [0.29, 0.717) is 12.5 Å². The number of hydrogen-bond donors (Lipinski definition) is 1. The SMILES string of the molecule is C[C@H]1CNC(=O)C1(C#N)C1CC1. The molecule has 1 saturated carbocycles. The van der Waals surface area contributed by atoms with Gasteiger partial charge in [0.15, 0.2) is 0 Å². The van der Waals surface area contributed by atoms with Crippen molar-refractivity contribution in [3.8, 4) is 6.07 Å². The molecule has 12 heavy (non-hydrogen) atoms. The maximum atomic E-state index is 11.5. The van der Waals surface area contributed by atoms with Crippen LogP contribution in [0.25, 0.3) is 0 Å². The van der Waals surface area contributed by atoms with Gasteiger partial charge in [0.05, 0.1) is 6.07 Å². The van der Waals surface area contributed by atoms with E-state index < -0.39 is 5.41 Å². The molecule has 2 rings (SSSR count). The van der Waals surface area contributed by atoms with Crippen LogP contribution in [-0.4, -0.2) is 12.5 Å². The zero-order valence-electron chi connectivity index (χ0n) is 7.13. The maximum absolute atomic E-state index is 11.5. The first-order chi connectivity index (χ1) is 5.71. The highest BCUT2D eigenvalue weighted by atomic mass is 16.2. The van der Waals surface area contributed by atoms with Crippen molar-refractivity contribution in [3.63, 3.8) is 0 Å². The summed E-state index contributed by atoms with van der Waals surface area (Å²) in [6, 6.07) is 2.23. The second-order valence-electron chi connectivity index (χ2n) is 3.87. The topological polar surface area (TPSA) is 52.9 Å². The number of carbonyl (C=O) groups is 1. The van der Waals surface area contributed by atoms with Gasteiger partial charge in [0, 0.05) is 12.5 Å². The van der Waals surface area contributed by atoms with Crippen LogP contribution in [0.1, 0.15) is 19.8 Å². The van der Waals surface area contributed by atoms with E-state index in [-0.39, 0.29) is 11.8 Å². The first kappa shape index (κ1) is 7.60. The van der Waals surface area contributed by atoms with Crippen molar-refractivity contribution >= 4 is 5.91 Å². The van der Waals surface area contributed by atoms with E-state index in [0.717, 1.165) is 12.8 Å². The molecule has 0 aromatic heterocycles. The van der Waals surface area contributed by atoms with Crippen molar-refractivity contribution in [2.24, 2.45) is 17.3 Å². The molecule has 1 unspecified atom stereocenters. The molecule has 3 nitrogen and oxygen atoms in total. The highest BCUT2D eigenvalue weighted by molar-refractivity contribution is 5.88. The molecule has 1 aliphatic carbocycles. The summed E-state index contributed by atoms with van der Waals surface area (Å²) >= 11 is 0. The lowest BCUT2D eigenvalue weighted by Crippen LogP contribution is -2.34. The maximum Gasteiger partial charge on any atom is 0.241 e. The largest absolute Gasteiger partial charge is 0.354 e. The van der Waals surface area contributed by atoms with Gasteiger partial charge in [-0.3, -0.25) is 4.79 Å². The molecule has 1 aliphatic heterocycles. The number of nitriles is 1. The monoisotopic (exact) mass is 164 g/mol. The van der Waals surface area contributed by atoms with Crippen molar-refractivity contribution < 1.29 is 4.79 Å². The van der Waals surface area contributed by atoms with Crippen LogP contribution in [0.3, 0.4) is 0 Å². The lowest BCUT2D eigenvalue weighted by atomic mass is 9.75. The average molecular weight is 164 g/mol. The van der Waals surface area contributed by atoms with Crippen LogP contribution in [-0.2, 0) is 4.79 Å². The first-order valence-corrected chi connectivity index (χ1v) is 4.41. The van der Waals surface area contributed by atoms with Gasteiger partial charge in [-0.25, -0.2) is 0 Å². The van der Waals surface area contributed by atoms with E-state index in [9.17, 15) is 4.79 Å². The molecule has 3 heteroatoms. The Morgan fingerprint density at radius 1 is 1.67 bits per heavy atom. The number of nitrogens with zero attached hydrogens (tertiary/aromatic N) is 1. The Bertz CT molecular complexity index is 264. The first-order valence-electron chi connectivity index (χ1n) is 4.41. The molecular formula is C9H12N2O. The average Bonchev–Trinajstić information content (AvgIpc) is 2.83. The van der Waals surface area contributed by atoms with Crippen molar-refractivity contribution in [1.82, 2.24) is 5.32 Å². The van der Waals surface area contributed by atoms with Gasteiger partial charge in [-0.1, -0.05) is 6.92 Å². The zero-order valence-corrected chi connectivity index (χ0v) is 7.13. The molecule has 1 saturated heterocycles. The van der Waals surface area contributed by atoms with Gasteiger partial charge in [-0.05, 0) is 18.8 Å². The molecule has 2 atom stereocenters. The summed E-state index contributed by atoms with van der Waals surface area (Å²) in [5.74, 6) is 0.475. The summed E-state index contributed by atoms with van der Waals surface area (Å²) in [6.07, 6.45) is 2.09. The van der Waals surface area contributed by atoms with Crippen molar-refractivity contribution in [2.75, 3.05) is 6.54 Å². The molecule has 0 aromatic rings. The van der Waals surface area contributed by atoms with E-state index in [1.165, 1.54) is 0 Å². The molecular weight excluding hydrogens is 152 g/mol. The van der Waals surface area contributed by atoms with Crippen LogP contribution < -0.4 is 5.32 Å². The van der Waals surface area contributed by atoms with Gasteiger partial charge in [0.2, 0.25) is 5.91 Å². The molecule has 0 bridgehead atoms. The van der Waals surface area contributed by atoms with Gasteiger partial charge in [-0.2, -0.15) is 5.26 Å². The standard InChI is InChI=1S/C9H12N2O/c1-6-4-11-8(12)9(6,5-10)7-2-3-7/h6-7H,2-4H2,1H3,(H,11,12)/t6-,9?/m0/s1. The Morgan fingerprint density at radius 3 is 2.67 bits per heavy atom. The van der Waals surface area contributed by atoms with Crippen LogP contribution in [0.4, 0.5) is 0 Å².